The van der Waals surface area contributed by atoms with Crippen molar-refractivity contribution in [1.82, 2.24) is 9.78 Å². The predicted octanol–water partition coefficient (Wildman–Crippen LogP) is 3.09. The lowest BCUT2D eigenvalue weighted by atomic mass is 10.3. The van der Waals surface area contributed by atoms with Crippen LogP contribution in [0.3, 0.4) is 0 Å². The van der Waals surface area contributed by atoms with Gasteiger partial charge >= 0.3 is 11.7 Å². The average Bonchev–Trinajstić information content (AvgIpc) is 2.66. The van der Waals surface area contributed by atoms with Crippen LogP contribution < -0.4 is 10.3 Å². The first-order valence-corrected chi connectivity index (χ1v) is 6.02. The van der Waals surface area contributed by atoms with Gasteiger partial charge in [-0.25, -0.2) is 4.68 Å². The van der Waals surface area contributed by atoms with E-state index >= 15 is 0 Å². The van der Waals surface area contributed by atoms with Gasteiger partial charge in [0.25, 0.3) is 0 Å². The second-order valence-electron chi connectivity index (χ2n) is 4.19. The van der Waals surface area contributed by atoms with E-state index < -0.39 is 18.3 Å². The molecule has 0 unspecified atom stereocenters. The molecule has 1 aromatic carbocycles. The maximum atomic E-state index is 12.4. The Bertz CT molecular complexity index is 629. The Kier molecular flexibility index (Phi) is 3.87. The molecule has 0 saturated carbocycles. The molecule has 0 spiro atoms. The molecule has 0 aliphatic rings. The number of hydrogen-bond acceptors (Lipinski definition) is 2. The highest BCUT2D eigenvalue weighted by molar-refractivity contribution is 5.32. The monoisotopic (exact) mass is 286 g/mol. The summed E-state index contributed by atoms with van der Waals surface area (Å²) in [6.45, 7) is 0.359. The first-order chi connectivity index (χ1) is 9.40. The predicted molar refractivity (Wildman–Crippen MR) is 67.0 cm³/mol. The van der Waals surface area contributed by atoms with Crippen molar-refractivity contribution in [3.63, 3.8) is 0 Å². The first kappa shape index (κ1) is 14.2. The fourth-order valence-electron chi connectivity index (χ4n) is 1.76. The van der Waals surface area contributed by atoms with Crippen molar-refractivity contribution in [3.05, 3.63) is 46.4 Å². The molecule has 0 radical (unpaired) electrons. The molecule has 7 heteroatoms. The highest BCUT2D eigenvalue weighted by Gasteiger charge is 2.30. The highest BCUT2D eigenvalue weighted by atomic mass is 19.4. The number of benzene rings is 1. The zero-order chi connectivity index (χ0) is 14.8. The molecule has 0 amide bonds. The fourth-order valence-corrected chi connectivity index (χ4v) is 1.76. The van der Waals surface area contributed by atoms with Crippen molar-refractivity contribution in [2.75, 3.05) is 0 Å². The van der Waals surface area contributed by atoms with Gasteiger partial charge in [-0.05, 0) is 18.6 Å². The van der Waals surface area contributed by atoms with Crippen LogP contribution in [0.25, 0.3) is 0 Å². The number of ether oxygens (including phenoxy) is 1. The van der Waals surface area contributed by atoms with Gasteiger partial charge in [-0.1, -0.05) is 25.1 Å². The standard InChI is InChI=1S/C13H13F3N2O2/c1-2-10-11(20-9-6-4-3-5-7-9)12(19)18(17-10)8-13(14,15)16/h3-7,17H,2,8H2,1H3. The third-order valence-electron chi connectivity index (χ3n) is 2.64. The topological polar surface area (TPSA) is 47.0 Å². The lowest BCUT2D eigenvalue weighted by Gasteiger charge is -2.05. The van der Waals surface area contributed by atoms with Crippen LogP contribution in [0.5, 0.6) is 11.5 Å². The number of aromatic amines is 1. The van der Waals surface area contributed by atoms with E-state index in [1.807, 2.05) is 0 Å². The van der Waals surface area contributed by atoms with E-state index in [4.69, 9.17) is 4.74 Å². The number of aryl methyl sites for hydroxylation is 1. The van der Waals surface area contributed by atoms with Gasteiger partial charge in [0.2, 0.25) is 5.75 Å². The van der Waals surface area contributed by atoms with Crippen LogP contribution in [0.1, 0.15) is 12.6 Å². The van der Waals surface area contributed by atoms with Crippen LogP contribution in [-0.2, 0) is 13.0 Å². The third kappa shape index (κ3) is 3.23. The zero-order valence-corrected chi connectivity index (χ0v) is 10.7. The van der Waals surface area contributed by atoms with Crippen molar-refractivity contribution in [3.8, 4) is 11.5 Å². The summed E-state index contributed by atoms with van der Waals surface area (Å²) in [7, 11) is 0. The summed E-state index contributed by atoms with van der Waals surface area (Å²) in [5.41, 5.74) is -0.480. The van der Waals surface area contributed by atoms with E-state index in [1.165, 1.54) is 0 Å². The lowest BCUT2D eigenvalue weighted by Crippen LogP contribution is -2.26. The molecule has 108 valence electrons. The number of hydrogen-bond donors (Lipinski definition) is 1. The number of nitrogens with one attached hydrogen (secondary N) is 1. The molecular weight excluding hydrogens is 273 g/mol. The molecule has 1 heterocycles. The second kappa shape index (κ2) is 5.44. The van der Waals surface area contributed by atoms with Crippen molar-refractivity contribution in [1.29, 1.82) is 0 Å². The summed E-state index contributed by atoms with van der Waals surface area (Å²) in [5, 5.41) is 2.44. The van der Waals surface area contributed by atoms with Crippen LogP contribution in [0.15, 0.2) is 35.1 Å². The molecule has 0 atom stereocenters. The zero-order valence-electron chi connectivity index (χ0n) is 10.7. The normalized spacial score (nSPS) is 11.6. The van der Waals surface area contributed by atoms with Crippen LogP contribution in [0.2, 0.25) is 0 Å². The summed E-state index contributed by atoms with van der Waals surface area (Å²) in [6, 6.07) is 8.44. The number of rotatable bonds is 4. The third-order valence-corrected chi connectivity index (χ3v) is 2.64. The summed E-state index contributed by atoms with van der Waals surface area (Å²) < 4.78 is 43.0. The minimum absolute atomic E-state index is 0.0945. The Morgan fingerprint density at radius 3 is 2.45 bits per heavy atom. The maximum absolute atomic E-state index is 12.4. The molecule has 20 heavy (non-hydrogen) atoms. The summed E-state index contributed by atoms with van der Waals surface area (Å²) >= 11 is 0. The average molecular weight is 286 g/mol. The number of aromatic nitrogens is 2. The number of alkyl halides is 3. The quantitative estimate of drug-likeness (QED) is 0.938. The molecule has 0 bridgehead atoms. The summed E-state index contributed by atoms with van der Waals surface area (Å²) in [5.74, 6) is 0.306. The van der Waals surface area contributed by atoms with Crippen LogP contribution in [0, 0.1) is 0 Å². The number of H-pyrrole nitrogens is 1. The Morgan fingerprint density at radius 1 is 1.25 bits per heavy atom. The minimum atomic E-state index is -4.47. The van der Waals surface area contributed by atoms with Gasteiger partial charge in [0.1, 0.15) is 12.3 Å². The number of halogens is 3. The van der Waals surface area contributed by atoms with E-state index in [9.17, 15) is 18.0 Å². The van der Waals surface area contributed by atoms with Crippen molar-refractivity contribution in [2.24, 2.45) is 0 Å². The minimum Gasteiger partial charge on any atom is -0.450 e. The second-order valence-corrected chi connectivity index (χ2v) is 4.19. The van der Waals surface area contributed by atoms with Crippen LogP contribution >= 0.6 is 0 Å². The largest absolute Gasteiger partial charge is 0.450 e. The molecule has 1 N–H and O–H groups in total. The van der Waals surface area contributed by atoms with Gasteiger partial charge in [0, 0.05) is 0 Å². The van der Waals surface area contributed by atoms with Gasteiger partial charge in [-0.3, -0.25) is 9.89 Å². The number of nitrogens with zero attached hydrogens (tertiary/aromatic N) is 1. The Balaban J connectivity index is 2.35. The van der Waals surface area contributed by atoms with Crippen LogP contribution in [0.4, 0.5) is 13.2 Å². The summed E-state index contributed by atoms with van der Waals surface area (Å²) in [4.78, 5) is 11.9. The van der Waals surface area contributed by atoms with Crippen molar-refractivity contribution < 1.29 is 17.9 Å². The van der Waals surface area contributed by atoms with Gasteiger partial charge in [-0.15, -0.1) is 0 Å². The summed E-state index contributed by atoms with van der Waals surface area (Å²) in [6.07, 6.45) is -4.11. The van der Waals surface area contributed by atoms with Gasteiger partial charge in [0.05, 0.1) is 5.69 Å². The highest BCUT2D eigenvalue weighted by Crippen LogP contribution is 2.22. The molecule has 2 rings (SSSR count). The molecule has 0 fully saturated rings. The molecule has 2 aromatic rings. The van der Waals surface area contributed by atoms with Crippen LogP contribution in [-0.4, -0.2) is 16.0 Å². The SMILES string of the molecule is CCc1[nH]n(CC(F)(F)F)c(=O)c1Oc1ccccc1. The van der Waals surface area contributed by atoms with Crippen molar-refractivity contribution in [2.45, 2.75) is 26.1 Å². The lowest BCUT2D eigenvalue weighted by molar-refractivity contribution is -0.143. The van der Waals surface area contributed by atoms with Gasteiger partial charge in [-0.2, -0.15) is 13.2 Å². The molecule has 0 saturated heterocycles. The maximum Gasteiger partial charge on any atom is 0.408 e. The van der Waals surface area contributed by atoms with E-state index in [0.29, 0.717) is 22.5 Å². The van der Waals surface area contributed by atoms with Gasteiger partial charge in [0.15, 0.2) is 0 Å². The molecule has 1 aromatic heterocycles. The first-order valence-electron chi connectivity index (χ1n) is 6.02. The Hall–Kier alpha value is -2.18. The Morgan fingerprint density at radius 2 is 1.90 bits per heavy atom. The van der Waals surface area contributed by atoms with Gasteiger partial charge < -0.3 is 4.74 Å². The van der Waals surface area contributed by atoms with E-state index in [0.717, 1.165) is 0 Å². The van der Waals surface area contributed by atoms with E-state index in [1.54, 1.807) is 37.3 Å². The molecular formula is C13H13F3N2O2. The van der Waals surface area contributed by atoms with E-state index in [2.05, 4.69) is 5.10 Å². The Labute approximate surface area is 112 Å². The van der Waals surface area contributed by atoms with E-state index in [-0.39, 0.29) is 5.75 Å². The fraction of sp³-hybridized carbons (Fsp3) is 0.308. The smallest absolute Gasteiger partial charge is 0.408 e. The molecule has 0 aliphatic carbocycles. The number of para-hydroxylation sites is 1. The molecule has 4 nitrogen and oxygen atoms in total. The van der Waals surface area contributed by atoms with Crippen molar-refractivity contribution >= 4 is 0 Å². The molecule has 0 aliphatic heterocycles.